The Hall–Kier alpha value is 0.0200. The van der Waals surface area contributed by atoms with Gasteiger partial charge in [0, 0.05) is 4.57 Å². The second kappa shape index (κ2) is 3.13. The molecule has 1 rings (SSSR count). The second-order valence-electron chi connectivity index (χ2n) is 1.60. The summed E-state index contributed by atoms with van der Waals surface area (Å²) in [6.45, 7) is 1.16. The van der Waals surface area contributed by atoms with E-state index in [1.807, 2.05) is 0 Å². The number of rotatable bonds is 0. The standard InChI is InChI=1S/C4H8O3P/c5-8-6-3-1-2-4-7-8/h1-4H2/q+1. The molecule has 1 aliphatic rings. The molecule has 0 aromatic heterocycles. The maximum absolute atomic E-state index is 10.4. The fourth-order valence-corrected chi connectivity index (χ4v) is 1.15. The molecule has 0 saturated carbocycles. The van der Waals surface area contributed by atoms with E-state index >= 15 is 0 Å². The van der Waals surface area contributed by atoms with E-state index < -0.39 is 8.25 Å². The van der Waals surface area contributed by atoms with Crippen molar-refractivity contribution in [2.45, 2.75) is 12.8 Å². The second-order valence-corrected chi connectivity index (χ2v) is 2.56. The van der Waals surface area contributed by atoms with Crippen molar-refractivity contribution < 1.29 is 13.6 Å². The Labute approximate surface area is 48.9 Å². The van der Waals surface area contributed by atoms with Gasteiger partial charge in [-0.2, -0.15) is 0 Å². The van der Waals surface area contributed by atoms with E-state index in [1.54, 1.807) is 0 Å². The van der Waals surface area contributed by atoms with Crippen LogP contribution < -0.4 is 0 Å². The topological polar surface area (TPSA) is 35.5 Å². The molecule has 0 aromatic carbocycles. The van der Waals surface area contributed by atoms with Crippen LogP contribution in [0.25, 0.3) is 0 Å². The fraction of sp³-hybridized carbons (Fsp3) is 1.00. The first-order valence-corrected chi connectivity index (χ1v) is 3.72. The van der Waals surface area contributed by atoms with Crippen molar-refractivity contribution in [1.82, 2.24) is 0 Å². The van der Waals surface area contributed by atoms with Gasteiger partial charge < -0.3 is 0 Å². The SMILES string of the molecule is O=[P+]1OCCCCO1. The van der Waals surface area contributed by atoms with Gasteiger partial charge in [0.05, 0.1) is 0 Å². The first kappa shape index (κ1) is 6.14. The van der Waals surface area contributed by atoms with Crippen molar-refractivity contribution in [2.24, 2.45) is 0 Å². The molecule has 0 N–H and O–H groups in total. The van der Waals surface area contributed by atoms with Gasteiger partial charge in [0.25, 0.3) is 0 Å². The Bertz CT molecular complexity index is 83.3. The van der Waals surface area contributed by atoms with Gasteiger partial charge in [-0.15, -0.1) is 9.05 Å². The third-order valence-corrected chi connectivity index (χ3v) is 1.72. The van der Waals surface area contributed by atoms with Gasteiger partial charge in [-0.05, 0) is 12.8 Å². The maximum Gasteiger partial charge on any atom is 0.697 e. The minimum atomic E-state index is -1.77. The van der Waals surface area contributed by atoms with Crippen molar-refractivity contribution in [2.75, 3.05) is 13.2 Å². The van der Waals surface area contributed by atoms with E-state index in [4.69, 9.17) is 0 Å². The molecule has 3 nitrogen and oxygen atoms in total. The molecular weight excluding hydrogens is 127 g/mol. The predicted octanol–water partition coefficient (Wildman–Crippen LogP) is 1.47. The van der Waals surface area contributed by atoms with Gasteiger partial charge in [-0.25, -0.2) is 0 Å². The van der Waals surface area contributed by atoms with Crippen LogP contribution in [0, 0.1) is 0 Å². The van der Waals surface area contributed by atoms with Crippen LogP contribution in [-0.2, 0) is 13.6 Å². The van der Waals surface area contributed by atoms with Gasteiger partial charge >= 0.3 is 8.25 Å². The molecule has 8 heavy (non-hydrogen) atoms. The van der Waals surface area contributed by atoms with Crippen molar-refractivity contribution in [3.8, 4) is 0 Å². The zero-order valence-electron chi connectivity index (χ0n) is 4.50. The molecule has 0 spiro atoms. The molecule has 46 valence electrons. The highest BCUT2D eigenvalue weighted by molar-refractivity contribution is 7.33. The normalized spacial score (nSPS) is 22.8. The Kier molecular flexibility index (Phi) is 2.40. The van der Waals surface area contributed by atoms with Crippen LogP contribution in [0.2, 0.25) is 0 Å². The largest absolute Gasteiger partial charge is 0.697 e. The zero-order valence-corrected chi connectivity index (χ0v) is 5.39. The van der Waals surface area contributed by atoms with Gasteiger partial charge in [0.2, 0.25) is 0 Å². The molecule has 0 aromatic rings. The van der Waals surface area contributed by atoms with Gasteiger partial charge in [-0.1, -0.05) is 0 Å². The monoisotopic (exact) mass is 135 g/mol. The lowest BCUT2D eigenvalue weighted by atomic mass is 10.3. The smallest absolute Gasteiger partial charge is 0.119 e. The molecule has 0 radical (unpaired) electrons. The maximum atomic E-state index is 10.4. The molecular formula is C4H8O3P+. The first-order valence-electron chi connectivity index (χ1n) is 2.63. The lowest BCUT2D eigenvalue weighted by Gasteiger charge is -1.79. The van der Waals surface area contributed by atoms with Crippen molar-refractivity contribution >= 4 is 8.25 Å². The third kappa shape index (κ3) is 1.86. The molecule has 0 amide bonds. The van der Waals surface area contributed by atoms with Gasteiger partial charge in [-0.3, -0.25) is 0 Å². The Morgan fingerprint density at radius 1 is 1.12 bits per heavy atom. The molecule has 1 fully saturated rings. The van der Waals surface area contributed by atoms with Gasteiger partial charge in [0.1, 0.15) is 13.2 Å². The van der Waals surface area contributed by atoms with E-state index in [-0.39, 0.29) is 0 Å². The average molecular weight is 135 g/mol. The van der Waals surface area contributed by atoms with Crippen LogP contribution in [0.4, 0.5) is 0 Å². The highest BCUT2D eigenvalue weighted by atomic mass is 31.1. The quantitative estimate of drug-likeness (QED) is 0.472. The van der Waals surface area contributed by atoms with Crippen molar-refractivity contribution in [3.05, 3.63) is 0 Å². The summed E-state index contributed by atoms with van der Waals surface area (Å²) in [6, 6.07) is 0. The number of hydrogen-bond donors (Lipinski definition) is 0. The summed E-state index contributed by atoms with van der Waals surface area (Å²) in [5, 5.41) is 0. The number of hydrogen-bond acceptors (Lipinski definition) is 3. The molecule has 1 heterocycles. The Morgan fingerprint density at radius 3 is 2.12 bits per heavy atom. The Morgan fingerprint density at radius 2 is 1.62 bits per heavy atom. The van der Waals surface area contributed by atoms with E-state index in [1.165, 1.54) is 0 Å². The van der Waals surface area contributed by atoms with Crippen LogP contribution >= 0.6 is 8.25 Å². The van der Waals surface area contributed by atoms with E-state index in [0.29, 0.717) is 13.2 Å². The summed E-state index contributed by atoms with van der Waals surface area (Å²) in [5.74, 6) is 0. The zero-order chi connectivity index (χ0) is 5.82. The van der Waals surface area contributed by atoms with Crippen LogP contribution in [0.3, 0.4) is 0 Å². The highest BCUT2D eigenvalue weighted by Crippen LogP contribution is 2.26. The van der Waals surface area contributed by atoms with Crippen LogP contribution in [-0.4, -0.2) is 13.2 Å². The first-order chi connectivity index (χ1) is 3.89. The summed E-state index contributed by atoms with van der Waals surface area (Å²) in [5.41, 5.74) is 0. The molecule has 0 atom stereocenters. The lowest BCUT2D eigenvalue weighted by Crippen LogP contribution is -1.82. The van der Waals surface area contributed by atoms with Crippen molar-refractivity contribution in [1.29, 1.82) is 0 Å². The summed E-state index contributed by atoms with van der Waals surface area (Å²) in [6.07, 6.45) is 1.92. The minimum absolute atomic E-state index is 0.579. The van der Waals surface area contributed by atoms with E-state index in [9.17, 15) is 4.57 Å². The van der Waals surface area contributed by atoms with E-state index in [0.717, 1.165) is 12.8 Å². The Balaban J connectivity index is 2.27. The summed E-state index contributed by atoms with van der Waals surface area (Å²) in [4.78, 5) is 0. The molecule has 1 aliphatic heterocycles. The minimum Gasteiger partial charge on any atom is -0.119 e. The summed E-state index contributed by atoms with van der Waals surface area (Å²) >= 11 is 0. The molecule has 1 saturated heterocycles. The molecule has 0 aliphatic carbocycles. The highest BCUT2D eigenvalue weighted by Gasteiger charge is 2.21. The molecule has 0 bridgehead atoms. The van der Waals surface area contributed by atoms with Crippen LogP contribution in [0.1, 0.15) is 12.8 Å². The predicted molar refractivity (Wildman–Crippen MR) is 28.7 cm³/mol. The van der Waals surface area contributed by atoms with Gasteiger partial charge in [0.15, 0.2) is 0 Å². The lowest BCUT2D eigenvalue weighted by molar-refractivity contribution is 0.263. The third-order valence-electron chi connectivity index (χ3n) is 0.932. The molecule has 4 heteroatoms. The average Bonchev–Trinajstić information content (AvgIpc) is 1.94. The van der Waals surface area contributed by atoms with Crippen molar-refractivity contribution in [3.63, 3.8) is 0 Å². The van der Waals surface area contributed by atoms with Crippen LogP contribution in [0.15, 0.2) is 0 Å². The molecule has 0 unspecified atom stereocenters. The van der Waals surface area contributed by atoms with Crippen LogP contribution in [0.5, 0.6) is 0 Å². The summed E-state index contributed by atoms with van der Waals surface area (Å²) < 4.78 is 19.8. The fourth-order valence-electron chi connectivity index (χ4n) is 0.520. The summed E-state index contributed by atoms with van der Waals surface area (Å²) in [7, 11) is -1.77. The van der Waals surface area contributed by atoms with E-state index in [2.05, 4.69) is 9.05 Å².